The summed E-state index contributed by atoms with van der Waals surface area (Å²) in [6.45, 7) is 12.0. The van der Waals surface area contributed by atoms with Gasteiger partial charge in [-0.05, 0) is 30.5 Å². The highest BCUT2D eigenvalue weighted by atomic mass is 127. The molecule has 1 fully saturated rings. The average molecular weight is 524 g/mol. The van der Waals surface area contributed by atoms with Crippen molar-refractivity contribution in [3.63, 3.8) is 0 Å². The Morgan fingerprint density at radius 3 is 2.47 bits per heavy atom. The second-order valence-electron chi connectivity index (χ2n) is 7.30. The number of hydrogen-bond acceptors (Lipinski definition) is 5. The molecular weight excluding hydrogens is 491 g/mol. The Morgan fingerprint density at radius 1 is 1.10 bits per heavy atom. The van der Waals surface area contributed by atoms with E-state index in [4.69, 9.17) is 9.73 Å². The van der Waals surface area contributed by atoms with Crippen LogP contribution in [0.5, 0.6) is 5.75 Å². The van der Waals surface area contributed by atoms with Gasteiger partial charge in [0.05, 0.1) is 6.54 Å². The molecule has 164 valence electrons. The van der Waals surface area contributed by atoms with E-state index in [1.165, 1.54) is 5.56 Å². The number of rotatable bonds is 7. The molecule has 0 amide bonds. The average Bonchev–Trinajstić information content (AvgIpc) is 2.77. The van der Waals surface area contributed by atoms with Gasteiger partial charge in [-0.2, -0.15) is 0 Å². The van der Waals surface area contributed by atoms with Gasteiger partial charge in [0.25, 0.3) is 0 Å². The van der Waals surface area contributed by atoms with Gasteiger partial charge in [0.1, 0.15) is 12.4 Å². The van der Waals surface area contributed by atoms with Crippen LogP contribution in [0.4, 0.5) is 5.95 Å². The van der Waals surface area contributed by atoms with Gasteiger partial charge in [-0.15, -0.1) is 24.0 Å². The molecule has 0 aliphatic carbocycles. The highest BCUT2D eigenvalue weighted by Crippen LogP contribution is 2.25. The van der Waals surface area contributed by atoms with Crippen molar-refractivity contribution in [3.8, 4) is 5.75 Å². The molecule has 1 aliphatic rings. The van der Waals surface area contributed by atoms with Gasteiger partial charge in [-0.25, -0.2) is 15.0 Å². The highest BCUT2D eigenvalue weighted by molar-refractivity contribution is 14.0. The van der Waals surface area contributed by atoms with E-state index in [1.54, 1.807) is 12.4 Å². The van der Waals surface area contributed by atoms with Crippen LogP contribution < -0.4 is 15.0 Å². The zero-order valence-corrected chi connectivity index (χ0v) is 20.5. The highest BCUT2D eigenvalue weighted by Gasteiger charge is 2.21. The summed E-state index contributed by atoms with van der Waals surface area (Å²) < 4.78 is 6.01. The third kappa shape index (κ3) is 6.72. The SMILES string of the molecule is CCNC(=NCCOc1ccccc1C(C)C)N1CCN(c2ncccn2)CC1.I. The largest absolute Gasteiger partial charge is 0.491 e. The topological polar surface area (TPSA) is 65.9 Å². The van der Waals surface area contributed by atoms with Gasteiger partial charge < -0.3 is 19.9 Å². The van der Waals surface area contributed by atoms with Gasteiger partial charge in [0, 0.05) is 45.1 Å². The van der Waals surface area contributed by atoms with Crippen molar-refractivity contribution in [2.45, 2.75) is 26.7 Å². The van der Waals surface area contributed by atoms with E-state index in [2.05, 4.69) is 58.0 Å². The van der Waals surface area contributed by atoms with E-state index in [0.29, 0.717) is 19.1 Å². The molecule has 1 aromatic carbocycles. The molecule has 7 nitrogen and oxygen atoms in total. The summed E-state index contributed by atoms with van der Waals surface area (Å²) in [4.78, 5) is 18.0. The Morgan fingerprint density at radius 2 is 1.80 bits per heavy atom. The number of hydrogen-bond donors (Lipinski definition) is 1. The fourth-order valence-electron chi connectivity index (χ4n) is 3.39. The molecular formula is C22H33IN6O. The van der Waals surface area contributed by atoms with Crippen molar-refractivity contribution in [2.24, 2.45) is 4.99 Å². The number of nitrogens with one attached hydrogen (secondary N) is 1. The monoisotopic (exact) mass is 524 g/mol. The molecule has 0 spiro atoms. The number of halogens is 1. The summed E-state index contributed by atoms with van der Waals surface area (Å²) >= 11 is 0. The number of benzene rings is 1. The molecule has 0 radical (unpaired) electrons. The van der Waals surface area contributed by atoms with Crippen LogP contribution in [0.25, 0.3) is 0 Å². The number of anilines is 1. The zero-order valence-electron chi connectivity index (χ0n) is 18.1. The normalized spacial score (nSPS) is 14.5. The minimum atomic E-state index is 0. The first-order valence-corrected chi connectivity index (χ1v) is 10.5. The van der Waals surface area contributed by atoms with Gasteiger partial charge in [0.15, 0.2) is 5.96 Å². The number of aromatic nitrogens is 2. The number of para-hydroxylation sites is 1. The molecule has 2 aromatic rings. The maximum atomic E-state index is 6.01. The lowest BCUT2D eigenvalue weighted by Crippen LogP contribution is -2.53. The van der Waals surface area contributed by atoms with Crippen LogP contribution in [0, 0.1) is 0 Å². The predicted molar refractivity (Wildman–Crippen MR) is 133 cm³/mol. The van der Waals surface area contributed by atoms with Crippen LogP contribution in [-0.4, -0.2) is 66.7 Å². The number of nitrogens with zero attached hydrogens (tertiary/aromatic N) is 5. The van der Waals surface area contributed by atoms with E-state index in [0.717, 1.165) is 50.4 Å². The Balaban J connectivity index is 0.00000320. The molecule has 1 N–H and O–H groups in total. The Bertz CT molecular complexity index is 778. The van der Waals surface area contributed by atoms with Crippen molar-refractivity contribution in [3.05, 3.63) is 48.3 Å². The lowest BCUT2D eigenvalue weighted by molar-refractivity contribution is 0.320. The van der Waals surface area contributed by atoms with Crippen molar-refractivity contribution < 1.29 is 4.74 Å². The van der Waals surface area contributed by atoms with Crippen LogP contribution in [0.3, 0.4) is 0 Å². The Kier molecular flexibility index (Phi) is 10.1. The van der Waals surface area contributed by atoms with Crippen molar-refractivity contribution >= 4 is 35.9 Å². The molecule has 3 rings (SSSR count). The number of ether oxygens (including phenoxy) is 1. The first-order valence-electron chi connectivity index (χ1n) is 10.5. The first-order chi connectivity index (χ1) is 14.2. The van der Waals surface area contributed by atoms with Crippen LogP contribution in [-0.2, 0) is 0 Å². The van der Waals surface area contributed by atoms with Crippen molar-refractivity contribution in [2.75, 3.05) is 50.8 Å². The second kappa shape index (κ2) is 12.6. The van der Waals surface area contributed by atoms with E-state index < -0.39 is 0 Å². The molecule has 1 saturated heterocycles. The lowest BCUT2D eigenvalue weighted by atomic mass is 10.0. The van der Waals surface area contributed by atoms with Gasteiger partial charge in [-0.3, -0.25) is 0 Å². The van der Waals surface area contributed by atoms with E-state index in [-0.39, 0.29) is 24.0 Å². The fraction of sp³-hybridized carbons (Fsp3) is 0.500. The standard InChI is InChI=1S/C22H32N6O.HI/c1-4-23-21(26-12-17-29-20-9-6-5-8-19(20)18(2)3)27-13-15-28(16-14-27)22-24-10-7-11-25-22;/h5-11,18H,4,12-17H2,1-3H3,(H,23,26);1H. The minimum absolute atomic E-state index is 0. The summed E-state index contributed by atoms with van der Waals surface area (Å²) in [5.74, 6) is 3.14. The first kappa shape index (κ1) is 24.2. The van der Waals surface area contributed by atoms with Crippen molar-refractivity contribution in [1.82, 2.24) is 20.2 Å². The maximum absolute atomic E-state index is 6.01. The van der Waals surface area contributed by atoms with E-state index in [1.807, 2.05) is 18.2 Å². The van der Waals surface area contributed by atoms with Gasteiger partial charge in [0.2, 0.25) is 5.95 Å². The summed E-state index contributed by atoms with van der Waals surface area (Å²) in [5, 5.41) is 3.41. The molecule has 0 bridgehead atoms. The number of guanidine groups is 1. The van der Waals surface area contributed by atoms with Gasteiger partial charge in [-0.1, -0.05) is 32.0 Å². The summed E-state index contributed by atoms with van der Waals surface area (Å²) in [6, 6.07) is 10.1. The summed E-state index contributed by atoms with van der Waals surface area (Å²) in [6.07, 6.45) is 3.58. The molecule has 0 atom stereocenters. The van der Waals surface area contributed by atoms with E-state index in [9.17, 15) is 0 Å². The molecule has 30 heavy (non-hydrogen) atoms. The molecule has 1 aliphatic heterocycles. The second-order valence-corrected chi connectivity index (χ2v) is 7.30. The third-order valence-electron chi connectivity index (χ3n) is 4.90. The predicted octanol–water partition coefficient (Wildman–Crippen LogP) is 3.38. The minimum Gasteiger partial charge on any atom is -0.491 e. The van der Waals surface area contributed by atoms with Gasteiger partial charge >= 0.3 is 0 Å². The van der Waals surface area contributed by atoms with Crippen LogP contribution in [0.1, 0.15) is 32.3 Å². The Labute approximate surface area is 197 Å². The van der Waals surface area contributed by atoms with Crippen LogP contribution >= 0.6 is 24.0 Å². The van der Waals surface area contributed by atoms with Crippen LogP contribution in [0.15, 0.2) is 47.7 Å². The molecule has 1 aromatic heterocycles. The number of piperazine rings is 1. The van der Waals surface area contributed by atoms with Crippen LogP contribution in [0.2, 0.25) is 0 Å². The maximum Gasteiger partial charge on any atom is 0.225 e. The quantitative estimate of drug-likeness (QED) is 0.259. The van der Waals surface area contributed by atoms with E-state index >= 15 is 0 Å². The fourth-order valence-corrected chi connectivity index (χ4v) is 3.39. The summed E-state index contributed by atoms with van der Waals surface area (Å²) in [5.41, 5.74) is 1.24. The Hall–Kier alpha value is -2.10. The lowest BCUT2D eigenvalue weighted by Gasteiger charge is -2.36. The third-order valence-corrected chi connectivity index (χ3v) is 4.90. The smallest absolute Gasteiger partial charge is 0.225 e. The zero-order chi connectivity index (χ0) is 20.5. The molecule has 0 saturated carbocycles. The number of aliphatic imine (C=N–C) groups is 1. The van der Waals surface area contributed by atoms with Crippen molar-refractivity contribution in [1.29, 1.82) is 0 Å². The molecule has 2 heterocycles. The molecule has 8 heteroatoms. The summed E-state index contributed by atoms with van der Waals surface area (Å²) in [7, 11) is 0. The molecule has 0 unspecified atom stereocenters.